The highest BCUT2D eigenvalue weighted by Gasteiger charge is 2.22. The Morgan fingerprint density at radius 1 is 1.10 bits per heavy atom. The van der Waals surface area contributed by atoms with Crippen LogP contribution in [0, 0.1) is 17.8 Å². The summed E-state index contributed by atoms with van der Waals surface area (Å²) in [6.07, 6.45) is 0.822. The molecule has 5 nitrogen and oxygen atoms in total. The molecule has 0 aromatic rings. The minimum atomic E-state index is -3.35. The highest BCUT2D eigenvalue weighted by atomic mass is 32.2. The number of nitrogens with one attached hydrogen (secondary N) is 2. The Balaban J connectivity index is 4.29. The zero-order valence-corrected chi connectivity index (χ0v) is 14.8. The van der Waals surface area contributed by atoms with Gasteiger partial charge in [-0.15, -0.1) is 0 Å². The quantitative estimate of drug-likeness (QED) is 0.571. The van der Waals surface area contributed by atoms with Crippen LogP contribution >= 0.6 is 0 Å². The third-order valence-corrected chi connectivity index (χ3v) is 5.24. The van der Waals surface area contributed by atoms with Crippen molar-refractivity contribution in [2.24, 2.45) is 17.8 Å². The molecule has 0 aliphatic rings. The average Bonchev–Trinajstić information content (AvgIpc) is 2.33. The Morgan fingerprint density at radius 3 is 2.10 bits per heavy atom. The first-order valence-corrected chi connectivity index (χ1v) is 9.08. The first-order valence-electron chi connectivity index (χ1n) is 7.64. The molecule has 0 aromatic heterocycles. The summed E-state index contributed by atoms with van der Waals surface area (Å²) in [6, 6.07) is 0. The predicted molar refractivity (Wildman–Crippen MR) is 85.9 cm³/mol. The highest BCUT2D eigenvalue weighted by molar-refractivity contribution is 7.87. The lowest BCUT2D eigenvalue weighted by molar-refractivity contribution is 0.286. The molecular weight excluding hydrogens is 274 g/mol. The van der Waals surface area contributed by atoms with Crippen LogP contribution in [0.5, 0.6) is 0 Å². The second kappa shape index (κ2) is 9.71. The maximum atomic E-state index is 12.1. The summed E-state index contributed by atoms with van der Waals surface area (Å²) in [6.45, 7) is 13.4. The summed E-state index contributed by atoms with van der Waals surface area (Å²) in [5, 5.41) is 3.19. The van der Waals surface area contributed by atoms with Crippen molar-refractivity contribution in [1.29, 1.82) is 0 Å². The molecule has 0 bridgehead atoms. The molecule has 0 radical (unpaired) electrons. The van der Waals surface area contributed by atoms with Gasteiger partial charge in [-0.1, -0.05) is 34.6 Å². The zero-order chi connectivity index (χ0) is 15.8. The standard InChI is InChI=1S/C14H33N3O2S/c1-7-15-9-8-10-17(6)20(18,19)16-11-14(12(2)3)13(4)5/h12-16H,7-11H2,1-6H3. The van der Waals surface area contributed by atoms with Gasteiger partial charge in [0.1, 0.15) is 0 Å². The van der Waals surface area contributed by atoms with E-state index in [9.17, 15) is 8.42 Å². The van der Waals surface area contributed by atoms with Gasteiger partial charge >= 0.3 is 0 Å². The Bertz CT molecular complexity index is 334. The smallest absolute Gasteiger partial charge is 0.279 e. The first-order chi connectivity index (χ1) is 9.22. The van der Waals surface area contributed by atoms with E-state index in [0.717, 1.165) is 19.5 Å². The van der Waals surface area contributed by atoms with E-state index in [1.54, 1.807) is 7.05 Å². The van der Waals surface area contributed by atoms with Crippen molar-refractivity contribution in [1.82, 2.24) is 14.3 Å². The molecule has 0 heterocycles. The molecule has 0 saturated heterocycles. The highest BCUT2D eigenvalue weighted by Crippen LogP contribution is 2.19. The molecule has 0 aliphatic carbocycles. The molecule has 0 aliphatic heterocycles. The van der Waals surface area contributed by atoms with Crippen LogP contribution in [-0.4, -0.2) is 45.9 Å². The minimum absolute atomic E-state index is 0.361. The third kappa shape index (κ3) is 7.57. The van der Waals surface area contributed by atoms with E-state index in [1.807, 2.05) is 6.92 Å². The Kier molecular flexibility index (Phi) is 9.63. The fraction of sp³-hybridized carbons (Fsp3) is 1.00. The summed E-state index contributed by atoms with van der Waals surface area (Å²) in [7, 11) is -1.72. The maximum Gasteiger partial charge on any atom is 0.279 e. The van der Waals surface area contributed by atoms with E-state index in [1.165, 1.54) is 4.31 Å². The Hall–Kier alpha value is -0.170. The first kappa shape index (κ1) is 19.8. The van der Waals surface area contributed by atoms with Crippen LogP contribution in [0.3, 0.4) is 0 Å². The van der Waals surface area contributed by atoms with Gasteiger partial charge in [0, 0.05) is 20.1 Å². The van der Waals surface area contributed by atoms with Gasteiger partial charge in [-0.05, 0) is 37.3 Å². The molecule has 0 atom stereocenters. The molecule has 2 N–H and O–H groups in total. The van der Waals surface area contributed by atoms with E-state index >= 15 is 0 Å². The van der Waals surface area contributed by atoms with Crippen LogP contribution in [0.2, 0.25) is 0 Å². The zero-order valence-electron chi connectivity index (χ0n) is 13.9. The van der Waals surface area contributed by atoms with Crippen molar-refractivity contribution in [3.05, 3.63) is 0 Å². The van der Waals surface area contributed by atoms with Gasteiger partial charge in [-0.3, -0.25) is 0 Å². The largest absolute Gasteiger partial charge is 0.317 e. The minimum Gasteiger partial charge on any atom is -0.317 e. The van der Waals surface area contributed by atoms with Gasteiger partial charge in [-0.2, -0.15) is 12.7 Å². The summed E-state index contributed by atoms with van der Waals surface area (Å²) >= 11 is 0. The predicted octanol–water partition coefficient (Wildman–Crippen LogP) is 1.68. The van der Waals surface area contributed by atoms with Gasteiger partial charge in [0.15, 0.2) is 0 Å². The van der Waals surface area contributed by atoms with Crippen LogP contribution < -0.4 is 10.0 Å². The number of nitrogens with zero attached hydrogens (tertiary/aromatic N) is 1. The van der Waals surface area contributed by atoms with Crippen LogP contribution in [0.4, 0.5) is 0 Å². The normalized spacial score (nSPS) is 13.1. The molecule has 0 aromatic carbocycles. The fourth-order valence-corrected chi connectivity index (χ4v) is 3.27. The van der Waals surface area contributed by atoms with E-state index < -0.39 is 10.2 Å². The van der Waals surface area contributed by atoms with Crippen molar-refractivity contribution in [2.75, 3.05) is 33.2 Å². The monoisotopic (exact) mass is 307 g/mol. The number of hydrogen-bond donors (Lipinski definition) is 2. The maximum absolute atomic E-state index is 12.1. The summed E-state index contributed by atoms with van der Waals surface area (Å²) in [5.74, 6) is 1.30. The van der Waals surface area contributed by atoms with Gasteiger partial charge in [0.2, 0.25) is 0 Å². The van der Waals surface area contributed by atoms with E-state index in [-0.39, 0.29) is 0 Å². The number of rotatable bonds is 11. The van der Waals surface area contributed by atoms with Gasteiger partial charge in [-0.25, -0.2) is 4.72 Å². The third-order valence-electron chi connectivity index (χ3n) is 3.70. The van der Waals surface area contributed by atoms with Crippen molar-refractivity contribution < 1.29 is 8.42 Å². The summed E-state index contributed by atoms with van der Waals surface area (Å²) < 4.78 is 28.4. The molecule has 6 heteroatoms. The molecule has 0 rings (SSSR count). The second-order valence-electron chi connectivity index (χ2n) is 6.03. The molecule has 0 spiro atoms. The number of hydrogen-bond acceptors (Lipinski definition) is 3. The SMILES string of the molecule is CCNCCCN(C)S(=O)(=O)NCC(C(C)C)C(C)C. The average molecular weight is 308 g/mol. The van der Waals surface area contributed by atoms with Gasteiger partial charge < -0.3 is 5.32 Å². The van der Waals surface area contributed by atoms with Crippen molar-refractivity contribution in [3.8, 4) is 0 Å². The van der Waals surface area contributed by atoms with E-state index in [0.29, 0.717) is 30.8 Å². The molecule has 20 heavy (non-hydrogen) atoms. The van der Waals surface area contributed by atoms with Crippen LogP contribution in [0.25, 0.3) is 0 Å². The Morgan fingerprint density at radius 2 is 1.65 bits per heavy atom. The van der Waals surface area contributed by atoms with Crippen LogP contribution in [-0.2, 0) is 10.2 Å². The van der Waals surface area contributed by atoms with Gasteiger partial charge in [0.25, 0.3) is 10.2 Å². The second-order valence-corrected chi connectivity index (χ2v) is 7.90. The fourth-order valence-electron chi connectivity index (χ4n) is 2.28. The lowest BCUT2D eigenvalue weighted by Crippen LogP contribution is -2.42. The topological polar surface area (TPSA) is 61.4 Å². The molecule has 0 saturated carbocycles. The summed E-state index contributed by atoms with van der Waals surface area (Å²) in [5.41, 5.74) is 0. The molecular formula is C14H33N3O2S. The van der Waals surface area contributed by atoms with Gasteiger partial charge in [0.05, 0.1) is 0 Å². The lowest BCUT2D eigenvalue weighted by Gasteiger charge is -2.26. The van der Waals surface area contributed by atoms with Crippen molar-refractivity contribution in [2.45, 2.75) is 41.0 Å². The van der Waals surface area contributed by atoms with E-state index in [2.05, 4.69) is 37.7 Å². The Labute approximate surface area is 125 Å². The van der Waals surface area contributed by atoms with Crippen LogP contribution in [0.15, 0.2) is 0 Å². The lowest BCUT2D eigenvalue weighted by atomic mass is 9.86. The van der Waals surface area contributed by atoms with Crippen molar-refractivity contribution >= 4 is 10.2 Å². The summed E-state index contributed by atoms with van der Waals surface area (Å²) in [4.78, 5) is 0. The molecule has 0 amide bonds. The molecule has 0 unspecified atom stereocenters. The van der Waals surface area contributed by atoms with Crippen molar-refractivity contribution in [3.63, 3.8) is 0 Å². The van der Waals surface area contributed by atoms with Crippen LogP contribution in [0.1, 0.15) is 41.0 Å². The molecule has 0 fully saturated rings. The van der Waals surface area contributed by atoms with E-state index in [4.69, 9.17) is 0 Å². The molecule has 122 valence electrons.